The first-order chi connectivity index (χ1) is 12.0. The molecule has 134 valence electrons. The van der Waals surface area contributed by atoms with Gasteiger partial charge >= 0.3 is 5.69 Å². The highest BCUT2D eigenvalue weighted by molar-refractivity contribution is 5.82. The van der Waals surface area contributed by atoms with Gasteiger partial charge in [-0.2, -0.15) is 5.10 Å². The van der Waals surface area contributed by atoms with E-state index in [1.807, 2.05) is 13.2 Å². The summed E-state index contributed by atoms with van der Waals surface area (Å²) in [6, 6.07) is 3.29. The smallest absolute Gasteiger partial charge is 0.311 e. The monoisotopic (exact) mass is 346 g/mol. The van der Waals surface area contributed by atoms with E-state index in [2.05, 4.69) is 10.00 Å². The van der Waals surface area contributed by atoms with Gasteiger partial charge in [-0.25, -0.2) is 0 Å². The summed E-state index contributed by atoms with van der Waals surface area (Å²) in [6.45, 7) is 1.78. The highest BCUT2D eigenvalue weighted by Crippen LogP contribution is 2.41. The molecule has 1 aliphatic rings. The van der Waals surface area contributed by atoms with E-state index in [1.165, 1.54) is 7.11 Å². The maximum atomic E-state index is 11.4. The number of aromatic nitrogens is 2. The number of hydrogen-bond donors (Lipinski definition) is 1. The summed E-state index contributed by atoms with van der Waals surface area (Å²) in [5.41, 5.74) is 2.43. The van der Waals surface area contributed by atoms with Crippen LogP contribution in [0.2, 0.25) is 0 Å². The minimum absolute atomic E-state index is 0.0599. The van der Waals surface area contributed by atoms with Gasteiger partial charge in [-0.15, -0.1) is 0 Å². The predicted molar refractivity (Wildman–Crippen MR) is 93.9 cm³/mol. The molecule has 1 aromatic carbocycles. The van der Waals surface area contributed by atoms with E-state index in [4.69, 9.17) is 4.74 Å². The van der Waals surface area contributed by atoms with E-state index in [0.717, 1.165) is 42.7 Å². The third-order valence-electron chi connectivity index (χ3n) is 4.72. The standard InChI is InChI=1S/C17H22N4O4/c1-19-10-13(9-18-19)14-7-16(21(23)24)17(25-2)8-15(14)20-5-3-12(11-22)4-6-20/h7-10,12,22H,3-6,11H2,1-2H3. The molecule has 0 amide bonds. The molecule has 0 bridgehead atoms. The summed E-state index contributed by atoms with van der Waals surface area (Å²) < 4.78 is 6.92. The first-order valence-corrected chi connectivity index (χ1v) is 8.24. The second kappa shape index (κ2) is 7.10. The van der Waals surface area contributed by atoms with Gasteiger partial charge in [0.2, 0.25) is 0 Å². The molecule has 0 unspecified atom stereocenters. The average Bonchev–Trinajstić information content (AvgIpc) is 3.06. The van der Waals surface area contributed by atoms with Gasteiger partial charge in [-0.3, -0.25) is 14.8 Å². The maximum Gasteiger partial charge on any atom is 0.311 e. The Balaban J connectivity index is 2.07. The number of nitro benzene ring substituents is 1. The van der Waals surface area contributed by atoms with Crippen molar-refractivity contribution in [2.75, 3.05) is 31.7 Å². The highest BCUT2D eigenvalue weighted by atomic mass is 16.6. The molecule has 2 heterocycles. The van der Waals surface area contributed by atoms with E-state index >= 15 is 0 Å². The van der Waals surface area contributed by atoms with Crippen LogP contribution in [0.1, 0.15) is 12.8 Å². The first kappa shape index (κ1) is 17.2. The van der Waals surface area contributed by atoms with Gasteiger partial charge < -0.3 is 14.7 Å². The van der Waals surface area contributed by atoms with E-state index in [1.54, 1.807) is 23.0 Å². The van der Waals surface area contributed by atoms with E-state index in [9.17, 15) is 15.2 Å². The Kier molecular flexibility index (Phi) is 4.89. The molecule has 8 heteroatoms. The first-order valence-electron chi connectivity index (χ1n) is 8.24. The van der Waals surface area contributed by atoms with Gasteiger partial charge in [0, 0.05) is 61.9 Å². The molecule has 1 saturated heterocycles. The zero-order valence-corrected chi connectivity index (χ0v) is 14.4. The molecular weight excluding hydrogens is 324 g/mol. The zero-order valence-electron chi connectivity index (χ0n) is 14.4. The van der Waals surface area contributed by atoms with E-state index in [-0.39, 0.29) is 18.0 Å². The lowest BCUT2D eigenvalue weighted by molar-refractivity contribution is -0.385. The largest absolute Gasteiger partial charge is 0.490 e. The van der Waals surface area contributed by atoms with E-state index < -0.39 is 4.92 Å². The van der Waals surface area contributed by atoms with Crippen molar-refractivity contribution in [3.05, 3.63) is 34.6 Å². The topological polar surface area (TPSA) is 93.7 Å². The molecular formula is C17H22N4O4. The number of hydrogen-bond acceptors (Lipinski definition) is 6. The van der Waals surface area contributed by atoms with Crippen LogP contribution in [0.25, 0.3) is 11.1 Å². The van der Waals surface area contributed by atoms with Gasteiger partial charge in [0.05, 0.1) is 18.2 Å². The SMILES string of the molecule is COc1cc(N2CCC(CO)CC2)c(-c2cnn(C)c2)cc1[N+](=O)[O-]. The molecule has 1 aliphatic heterocycles. The van der Waals surface area contributed by atoms with Crippen LogP contribution in [-0.2, 0) is 7.05 Å². The lowest BCUT2D eigenvalue weighted by atomic mass is 9.96. The molecule has 1 fully saturated rings. The van der Waals surface area contributed by atoms with Gasteiger partial charge in [0.25, 0.3) is 0 Å². The van der Waals surface area contributed by atoms with Crippen molar-refractivity contribution in [2.45, 2.75) is 12.8 Å². The lowest BCUT2D eigenvalue weighted by Crippen LogP contribution is -2.35. The number of anilines is 1. The van der Waals surface area contributed by atoms with Crippen LogP contribution in [0.3, 0.4) is 0 Å². The third kappa shape index (κ3) is 3.43. The summed E-state index contributed by atoms with van der Waals surface area (Å²) in [6.07, 6.45) is 5.33. The van der Waals surface area contributed by atoms with Crippen LogP contribution < -0.4 is 9.64 Å². The van der Waals surface area contributed by atoms with Crippen molar-refractivity contribution < 1.29 is 14.8 Å². The summed E-state index contributed by atoms with van der Waals surface area (Å²) in [7, 11) is 3.25. The predicted octanol–water partition coefficient (Wildman–Crippen LogP) is 2.21. The molecule has 0 saturated carbocycles. The maximum absolute atomic E-state index is 11.4. The number of piperidine rings is 1. The quantitative estimate of drug-likeness (QED) is 0.659. The highest BCUT2D eigenvalue weighted by Gasteiger charge is 2.26. The van der Waals surface area contributed by atoms with Gasteiger partial charge in [-0.1, -0.05) is 0 Å². The minimum atomic E-state index is -0.430. The molecule has 0 spiro atoms. The third-order valence-corrected chi connectivity index (χ3v) is 4.72. The molecule has 25 heavy (non-hydrogen) atoms. The Bertz CT molecular complexity index is 766. The van der Waals surface area contributed by atoms with Crippen molar-refractivity contribution in [3.63, 3.8) is 0 Å². The molecule has 3 rings (SSSR count). The molecule has 1 aromatic heterocycles. The fourth-order valence-corrected chi connectivity index (χ4v) is 3.27. The fraction of sp³-hybridized carbons (Fsp3) is 0.471. The molecule has 1 N–H and O–H groups in total. The Hall–Kier alpha value is -2.61. The number of aliphatic hydroxyl groups excluding tert-OH is 1. The van der Waals surface area contributed by atoms with Crippen LogP contribution in [0.15, 0.2) is 24.5 Å². The second-order valence-corrected chi connectivity index (χ2v) is 6.31. The Labute approximate surface area is 145 Å². The summed E-state index contributed by atoms with van der Waals surface area (Å²) >= 11 is 0. The number of benzene rings is 1. The molecule has 2 aromatic rings. The lowest BCUT2D eigenvalue weighted by Gasteiger charge is -2.34. The van der Waals surface area contributed by atoms with Crippen LogP contribution in [0.4, 0.5) is 11.4 Å². The van der Waals surface area contributed by atoms with Crippen LogP contribution >= 0.6 is 0 Å². The molecule has 0 aliphatic carbocycles. The van der Waals surface area contributed by atoms with Crippen LogP contribution in [0.5, 0.6) is 5.75 Å². The number of aryl methyl sites for hydroxylation is 1. The van der Waals surface area contributed by atoms with Crippen molar-refractivity contribution >= 4 is 11.4 Å². The Morgan fingerprint density at radius 2 is 2.12 bits per heavy atom. The van der Waals surface area contributed by atoms with Crippen molar-refractivity contribution in [3.8, 4) is 16.9 Å². The average molecular weight is 346 g/mol. The van der Waals surface area contributed by atoms with Crippen LogP contribution in [-0.4, -0.2) is 46.6 Å². The molecule has 8 nitrogen and oxygen atoms in total. The zero-order chi connectivity index (χ0) is 18.0. The number of ether oxygens (including phenoxy) is 1. The second-order valence-electron chi connectivity index (χ2n) is 6.31. The Morgan fingerprint density at radius 3 is 2.64 bits per heavy atom. The molecule has 0 radical (unpaired) electrons. The number of aliphatic hydroxyl groups is 1. The molecule has 0 atom stereocenters. The number of nitrogens with zero attached hydrogens (tertiary/aromatic N) is 4. The number of methoxy groups -OCH3 is 1. The van der Waals surface area contributed by atoms with Gasteiger partial charge in [0.15, 0.2) is 5.75 Å². The number of rotatable bonds is 5. The summed E-state index contributed by atoms with van der Waals surface area (Å²) in [5, 5.41) is 24.9. The summed E-state index contributed by atoms with van der Waals surface area (Å²) in [4.78, 5) is 13.2. The minimum Gasteiger partial charge on any atom is -0.490 e. The van der Waals surface area contributed by atoms with Crippen molar-refractivity contribution in [1.29, 1.82) is 0 Å². The van der Waals surface area contributed by atoms with E-state index in [0.29, 0.717) is 5.92 Å². The van der Waals surface area contributed by atoms with Crippen molar-refractivity contribution in [2.24, 2.45) is 13.0 Å². The van der Waals surface area contributed by atoms with Crippen LogP contribution in [0, 0.1) is 16.0 Å². The Morgan fingerprint density at radius 1 is 1.40 bits per heavy atom. The van der Waals surface area contributed by atoms with Gasteiger partial charge in [0.1, 0.15) is 0 Å². The summed E-state index contributed by atoms with van der Waals surface area (Å²) in [5.74, 6) is 0.565. The van der Waals surface area contributed by atoms with Gasteiger partial charge in [-0.05, 0) is 18.8 Å². The number of nitro groups is 1. The van der Waals surface area contributed by atoms with Crippen molar-refractivity contribution in [1.82, 2.24) is 9.78 Å². The fourth-order valence-electron chi connectivity index (χ4n) is 3.27. The normalized spacial score (nSPS) is 15.4.